The predicted molar refractivity (Wildman–Crippen MR) is 111 cm³/mol. The predicted octanol–water partition coefficient (Wildman–Crippen LogP) is 3.90. The highest BCUT2D eigenvalue weighted by atomic mass is 35.5. The Morgan fingerprint density at radius 2 is 1.41 bits per heavy atom. The van der Waals surface area contributed by atoms with Gasteiger partial charge >= 0.3 is 0 Å². The van der Waals surface area contributed by atoms with Gasteiger partial charge < -0.3 is 15.5 Å². The lowest BCUT2D eigenvalue weighted by atomic mass is 10.1. The number of carbonyl (C=O) groups is 2. The number of nitrogens with two attached hydrogens (primary N) is 1. The normalized spacial score (nSPS) is 13.9. The van der Waals surface area contributed by atoms with Crippen molar-refractivity contribution in [1.82, 2.24) is 9.80 Å². The Morgan fingerprint density at radius 3 is 1.96 bits per heavy atom. The third-order valence-electron chi connectivity index (χ3n) is 4.46. The molecule has 1 aliphatic rings. The molecule has 1 saturated heterocycles. The molecule has 8 heteroatoms. The van der Waals surface area contributed by atoms with Crippen LogP contribution in [-0.2, 0) is 0 Å². The molecule has 2 aromatic rings. The van der Waals surface area contributed by atoms with E-state index in [2.05, 4.69) is 0 Å². The van der Waals surface area contributed by atoms with Crippen LogP contribution in [0.25, 0.3) is 0 Å². The molecule has 5 nitrogen and oxygen atoms in total. The van der Waals surface area contributed by atoms with Crippen LogP contribution >= 0.6 is 35.6 Å². The fourth-order valence-corrected chi connectivity index (χ4v) is 3.54. The molecule has 1 heterocycles. The van der Waals surface area contributed by atoms with Gasteiger partial charge in [0.15, 0.2) is 0 Å². The van der Waals surface area contributed by atoms with Gasteiger partial charge in [-0.15, -0.1) is 12.4 Å². The number of amides is 2. The summed E-state index contributed by atoms with van der Waals surface area (Å²) in [6, 6.07) is 10.1. The minimum atomic E-state index is -0.137. The highest BCUT2D eigenvalue weighted by molar-refractivity contribution is 6.35. The third-order valence-corrected chi connectivity index (χ3v) is 4.89. The van der Waals surface area contributed by atoms with E-state index in [0.717, 1.165) is 5.56 Å². The zero-order valence-electron chi connectivity index (χ0n) is 14.7. The molecule has 144 valence electrons. The smallest absolute Gasteiger partial charge is 0.254 e. The summed E-state index contributed by atoms with van der Waals surface area (Å²) >= 11 is 11.9. The Morgan fingerprint density at radius 1 is 0.889 bits per heavy atom. The highest BCUT2D eigenvalue weighted by Crippen LogP contribution is 2.21. The molecule has 0 atom stereocenters. The van der Waals surface area contributed by atoms with Crippen LogP contribution in [0.1, 0.15) is 26.3 Å². The van der Waals surface area contributed by atoms with E-state index in [-0.39, 0.29) is 24.2 Å². The number of anilines is 1. The topological polar surface area (TPSA) is 66.6 Å². The van der Waals surface area contributed by atoms with E-state index in [9.17, 15) is 9.59 Å². The Bertz CT molecular complexity index is 845. The molecule has 0 spiro atoms. The van der Waals surface area contributed by atoms with Crippen LogP contribution in [-0.4, -0.2) is 47.8 Å². The minimum Gasteiger partial charge on any atom is -0.399 e. The van der Waals surface area contributed by atoms with Crippen LogP contribution in [0.5, 0.6) is 0 Å². The number of nitrogens with zero attached hydrogens (tertiary/aromatic N) is 2. The average molecular weight is 429 g/mol. The highest BCUT2D eigenvalue weighted by Gasteiger charge is 2.26. The number of hydrogen-bond acceptors (Lipinski definition) is 3. The number of aryl methyl sites for hydroxylation is 1. The number of halogens is 3. The van der Waals surface area contributed by atoms with E-state index in [1.165, 1.54) is 0 Å². The molecule has 0 bridgehead atoms. The molecule has 3 rings (SSSR count). The van der Waals surface area contributed by atoms with Gasteiger partial charge in [0.25, 0.3) is 11.8 Å². The Balaban J connectivity index is 0.00000261. The number of carbonyl (C=O) groups excluding carboxylic acids is 2. The number of rotatable bonds is 2. The zero-order valence-corrected chi connectivity index (χ0v) is 17.1. The van der Waals surface area contributed by atoms with Gasteiger partial charge in [-0.3, -0.25) is 9.59 Å². The SMILES string of the molecule is Cc1ccc(N)cc1C(=O)N1CCN(C(=O)c2cc(Cl)cc(Cl)c2)CC1.Cl. The molecule has 27 heavy (non-hydrogen) atoms. The monoisotopic (exact) mass is 427 g/mol. The Hall–Kier alpha value is -1.95. The van der Waals surface area contributed by atoms with Crippen LogP contribution in [0.4, 0.5) is 5.69 Å². The van der Waals surface area contributed by atoms with Gasteiger partial charge in [-0.05, 0) is 42.8 Å². The summed E-state index contributed by atoms with van der Waals surface area (Å²) in [6.07, 6.45) is 0. The fraction of sp³-hybridized carbons (Fsp3) is 0.263. The molecular weight excluding hydrogens is 409 g/mol. The molecule has 0 radical (unpaired) electrons. The van der Waals surface area contributed by atoms with Crippen LogP contribution < -0.4 is 5.73 Å². The van der Waals surface area contributed by atoms with Crippen molar-refractivity contribution in [2.45, 2.75) is 6.92 Å². The zero-order chi connectivity index (χ0) is 18.8. The molecule has 2 N–H and O–H groups in total. The molecule has 0 aliphatic carbocycles. The second kappa shape index (κ2) is 8.83. The van der Waals surface area contributed by atoms with Gasteiger partial charge in [-0.1, -0.05) is 29.3 Å². The van der Waals surface area contributed by atoms with E-state index < -0.39 is 0 Å². The summed E-state index contributed by atoms with van der Waals surface area (Å²) in [5.74, 6) is -0.200. The van der Waals surface area contributed by atoms with Crippen molar-refractivity contribution in [3.8, 4) is 0 Å². The summed E-state index contributed by atoms with van der Waals surface area (Å²) in [5, 5.41) is 0.846. The number of hydrogen-bond donors (Lipinski definition) is 1. The maximum Gasteiger partial charge on any atom is 0.254 e. The van der Waals surface area contributed by atoms with Gasteiger partial charge in [-0.2, -0.15) is 0 Å². The summed E-state index contributed by atoms with van der Waals surface area (Å²) in [7, 11) is 0. The van der Waals surface area contributed by atoms with Crippen LogP contribution in [0.3, 0.4) is 0 Å². The summed E-state index contributed by atoms with van der Waals surface area (Å²) < 4.78 is 0. The van der Waals surface area contributed by atoms with Crippen molar-refractivity contribution in [2.75, 3.05) is 31.9 Å². The van der Waals surface area contributed by atoms with Gasteiger partial charge in [-0.25, -0.2) is 0 Å². The standard InChI is InChI=1S/C19H19Cl2N3O2.ClH/c1-12-2-3-16(22)11-17(12)19(26)24-6-4-23(5-7-24)18(25)13-8-14(20)10-15(21)9-13;/h2-3,8-11H,4-7,22H2,1H3;1H. The van der Waals surface area contributed by atoms with E-state index >= 15 is 0 Å². The van der Waals surface area contributed by atoms with Crippen molar-refractivity contribution in [1.29, 1.82) is 0 Å². The molecule has 2 aromatic carbocycles. The van der Waals surface area contributed by atoms with Crippen molar-refractivity contribution >= 4 is 53.1 Å². The average Bonchev–Trinajstić information content (AvgIpc) is 2.62. The molecule has 0 saturated carbocycles. The largest absolute Gasteiger partial charge is 0.399 e. The first-order valence-corrected chi connectivity index (χ1v) is 9.01. The molecule has 0 unspecified atom stereocenters. The second-order valence-electron chi connectivity index (χ2n) is 6.32. The molecule has 2 amide bonds. The van der Waals surface area contributed by atoms with Crippen molar-refractivity contribution in [2.24, 2.45) is 0 Å². The Labute approximate surface area is 174 Å². The quantitative estimate of drug-likeness (QED) is 0.738. The number of piperazine rings is 1. The third kappa shape index (κ3) is 4.86. The first kappa shape index (κ1) is 21.4. The maximum absolute atomic E-state index is 12.7. The van der Waals surface area contributed by atoms with E-state index in [4.69, 9.17) is 28.9 Å². The van der Waals surface area contributed by atoms with Gasteiger partial charge in [0.2, 0.25) is 0 Å². The van der Waals surface area contributed by atoms with E-state index in [1.807, 2.05) is 13.0 Å². The number of nitrogen functional groups attached to an aromatic ring is 1. The molecule has 1 aliphatic heterocycles. The van der Waals surface area contributed by atoms with E-state index in [0.29, 0.717) is 53.0 Å². The van der Waals surface area contributed by atoms with Gasteiger partial charge in [0.1, 0.15) is 0 Å². The van der Waals surface area contributed by atoms with Crippen molar-refractivity contribution < 1.29 is 9.59 Å². The lowest BCUT2D eigenvalue weighted by Gasteiger charge is -2.35. The summed E-state index contributed by atoms with van der Waals surface area (Å²) in [5.41, 5.74) is 8.30. The molecular formula is C19H20Cl3N3O2. The maximum atomic E-state index is 12.7. The summed E-state index contributed by atoms with van der Waals surface area (Å²) in [4.78, 5) is 28.8. The van der Waals surface area contributed by atoms with Gasteiger partial charge in [0, 0.05) is 53.0 Å². The van der Waals surface area contributed by atoms with Gasteiger partial charge in [0.05, 0.1) is 0 Å². The molecule has 1 fully saturated rings. The first-order chi connectivity index (χ1) is 12.3. The molecule has 0 aromatic heterocycles. The van der Waals surface area contributed by atoms with Crippen LogP contribution in [0.15, 0.2) is 36.4 Å². The first-order valence-electron chi connectivity index (χ1n) is 8.26. The Kier molecular flexibility index (Phi) is 6.98. The van der Waals surface area contributed by atoms with Crippen molar-refractivity contribution in [3.05, 3.63) is 63.1 Å². The number of benzene rings is 2. The summed E-state index contributed by atoms with van der Waals surface area (Å²) in [6.45, 7) is 3.72. The minimum absolute atomic E-state index is 0. The lowest BCUT2D eigenvalue weighted by molar-refractivity contribution is 0.0535. The van der Waals surface area contributed by atoms with Crippen molar-refractivity contribution in [3.63, 3.8) is 0 Å². The van der Waals surface area contributed by atoms with Crippen LogP contribution in [0, 0.1) is 6.92 Å². The fourth-order valence-electron chi connectivity index (χ4n) is 3.01. The second-order valence-corrected chi connectivity index (χ2v) is 7.19. The van der Waals surface area contributed by atoms with Crippen LogP contribution in [0.2, 0.25) is 10.0 Å². The lowest BCUT2D eigenvalue weighted by Crippen LogP contribution is -2.50. The van der Waals surface area contributed by atoms with E-state index in [1.54, 1.807) is 40.1 Å².